The highest BCUT2D eigenvalue weighted by atomic mass is 35.5. The molecule has 2 aromatic rings. The van der Waals surface area contributed by atoms with Gasteiger partial charge in [-0.05, 0) is 39.0 Å². The molecule has 0 aliphatic carbocycles. The number of nitrogens with zero attached hydrogens (tertiary/aromatic N) is 1. The molecule has 2 rings (SSSR count). The molecule has 2 aromatic heterocycles. The Balaban J connectivity index is 2.39. The first-order valence-corrected chi connectivity index (χ1v) is 8.20. The van der Waals surface area contributed by atoms with E-state index in [0.717, 1.165) is 9.75 Å². The van der Waals surface area contributed by atoms with E-state index >= 15 is 0 Å². The highest BCUT2D eigenvalue weighted by molar-refractivity contribution is 7.93. The molecular formula is C12H13ClN2O2S2. The van der Waals surface area contributed by atoms with Gasteiger partial charge in [-0.3, -0.25) is 4.72 Å². The van der Waals surface area contributed by atoms with Gasteiger partial charge in [0.05, 0.1) is 11.4 Å². The molecule has 0 spiro atoms. The summed E-state index contributed by atoms with van der Waals surface area (Å²) in [5.74, 6) is 0. The second-order valence-electron chi connectivity index (χ2n) is 4.15. The van der Waals surface area contributed by atoms with Crippen molar-refractivity contribution in [1.29, 1.82) is 0 Å². The third-order valence-corrected chi connectivity index (χ3v) is 5.38. The summed E-state index contributed by atoms with van der Waals surface area (Å²) >= 11 is 7.20. The van der Waals surface area contributed by atoms with Gasteiger partial charge in [0.25, 0.3) is 10.0 Å². The normalized spacial score (nSPS) is 11.6. The molecular weight excluding hydrogens is 304 g/mol. The number of aromatic nitrogens is 1. The maximum Gasteiger partial charge on any atom is 0.263 e. The lowest BCUT2D eigenvalue weighted by molar-refractivity contribution is 0.601. The van der Waals surface area contributed by atoms with Crippen LogP contribution in [0.25, 0.3) is 0 Å². The summed E-state index contributed by atoms with van der Waals surface area (Å²) in [6.45, 7) is 5.38. The van der Waals surface area contributed by atoms with Crippen LogP contribution in [0.3, 0.4) is 0 Å². The minimum Gasteiger partial charge on any atom is -0.278 e. The first-order chi connectivity index (χ1) is 8.79. The Hall–Kier alpha value is -1.11. The third kappa shape index (κ3) is 3.08. The predicted octanol–water partition coefficient (Wildman–Crippen LogP) is 3.52. The van der Waals surface area contributed by atoms with E-state index in [1.54, 1.807) is 32.0 Å². The van der Waals surface area contributed by atoms with Crippen molar-refractivity contribution in [2.75, 3.05) is 4.72 Å². The van der Waals surface area contributed by atoms with E-state index in [-0.39, 0.29) is 0 Å². The topological polar surface area (TPSA) is 59.1 Å². The van der Waals surface area contributed by atoms with Crippen molar-refractivity contribution >= 4 is 38.6 Å². The van der Waals surface area contributed by atoms with Crippen LogP contribution >= 0.6 is 22.9 Å². The van der Waals surface area contributed by atoms with E-state index in [1.807, 2.05) is 6.92 Å². The highest BCUT2D eigenvalue weighted by Gasteiger charge is 2.20. The van der Waals surface area contributed by atoms with Gasteiger partial charge < -0.3 is 0 Å². The SMILES string of the molecule is Cc1cc(S(=O)(=O)Nc2ccc(Cl)nc2C)c(C)s1. The van der Waals surface area contributed by atoms with Gasteiger partial charge >= 0.3 is 0 Å². The summed E-state index contributed by atoms with van der Waals surface area (Å²) in [7, 11) is -3.58. The molecule has 0 fully saturated rings. The first kappa shape index (κ1) is 14.3. The summed E-state index contributed by atoms with van der Waals surface area (Å²) in [5, 5.41) is 0.336. The van der Waals surface area contributed by atoms with E-state index in [9.17, 15) is 8.42 Å². The second kappa shape index (κ2) is 5.11. The number of thiophene rings is 1. The zero-order chi connectivity index (χ0) is 14.2. The van der Waals surface area contributed by atoms with Gasteiger partial charge in [0.2, 0.25) is 0 Å². The number of hydrogen-bond donors (Lipinski definition) is 1. The van der Waals surface area contributed by atoms with Gasteiger partial charge in [-0.15, -0.1) is 11.3 Å². The number of sulfonamides is 1. The Kier molecular flexibility index (Phi) is 3.85. The van der Waals surface area contributed by atoms with Crippen LogP contribution in [0.1, 0.15) is 15.4 Å². The molecule has 0 aliphatic heterocycles. The van der Waals surface area contributed by atoms with Gasteiger partial charge in [0.15, 0.2) is 0 Å². The maximum absolute atomic E-state index is 12.3. The van der Waals surface area contributed by atoms with Crippen LogP contribution in [0.4, 0.5) is 5.69 Å². The molecule has 0 amide bonds. The number of rotatable bonds is 3. The molecule has 102 valence electrons. The molecule has 19 heavy (non-hydrogen) atoms. The fraction of sp³-hybridized carbons (Fsp3) is 0.250. The summed E-state index contributed by atoms with van der Waals surface area (Å²) in [6.07, 6.45) is 0. The van der Waals surface area contributed by atoms with Crippen molar-refractivity contribution in [1.82, 2.24) is 4.98 Å². The highest BCUT2D eigenvalue weighted by Crippen LogP contribution is 2.27. The minimum absolute atomic E-state index is 0.310. The molecule has 0 radical (unpaired) electrons. The molecule has 0 unspecified atom stereocenters. The Morgan fingerprint density at radius 1 is 1.26 bits per heavy atom. The van der Waals surface area contributed by atoms with Crippen molar-refractivity contribution < 1.29 is 8.42 Å². The second-order valence-corrected chi connectivity index (χ2v) is 7.65. The van der Waals surface area contributed by atoms with Crippen LogP contribution in [-0.2, 0) is 10.0 Å². The number of anilines is 1. The summed E-state index contributed by atoms with van der Waals surface area (Å²) < 4.78 is 27.2. The fourth-order valence-corrected chi connectivity index (χ4v) is 4.58. The van der Waals surface area contributed by atoms with Crippen molar-refractivity contribution in [3.05, 3.63) is 38.8 Å². The fourth-order valence-electron chi connectivity index (χ4n) is 1.71. The first-order valence-electron chi connectivity index (χ1n) is 5.52. The van der Waals surface area contributed by atoms with E-state index in [0.29, 0.717) is 21.4 Å². The zero-order valence-corrected chi connectivity index (χ0v) is 13.1. The van der Waals surface area contributed by atoms with Crippen LogP contribution in [0.15, 0.2) is 23.1 Å². The quantitative estimate of drug-likeness (QED) is 0.881. The van der Waals surface area contributed by atoms with Crippen molar-refractivity contribution in [2.45, 2.75) is 25.7 Å². The number of aryl methyl sites for hydroxylation is 3. The van der Waals surface area contributed by atoms with Gasteiger partial charge in [-0.2, -0.15) is 0 Å². The van der Waals surface area contributed by atoms with E-state index in [4.69, 9.17) is 11.6 Å². The molecule has 7 heteroatoms. The lowest BCUT2D eigenvalue weighted by Crippen LogP contribution is -2.14. The smallest absolute Gasteiger partial charge is 0.263 e. The average Bonchev–Trinajstić information content (AvgIpc) is 2.63. The molecule has 0 bridgehead atoms. The van der Waals surface area contributed by atoms with Gasteiger partial charge in [0, 0.05) is 9.75 Å². The van der Waals surface area contributed by atoms with E-state index in [1.165, 1.54) is 11.3 Å². The van der Waals surface area contributed by atoms with Crippen LogP contribution in [0, 0.1) is 20.8 Å². The van der Waals surface area contributed by atoms with E-state index < -0.39 is 10.0 Å². The molecule has 0 aliphatic rings. The Bertz CT molecular complexity index is 723. The number of halogens is 1. The third-order valence-electron chi connectivity index (χ3n) is 2.58. The average molecular weight is 317 g/mol. The zero-order valence-electron chi connectivity index (χ0n) is 10.7. The Morgan fingerprint density at radius 2 is 1.95 bits per heavy atom. The number of nitrogens with one attached hydrogen (secondary N) is 1. The van der Waals surface area contributed by atoms with Gasteiger partial charge in [-0.25, -0.2) is 13.4 Å². The molecule has 2 heterocycles. The summed E-state index contributed by atoms with van der Waals surface area (Å²) in [5.41, 5.74) is 0.980. The van der Waals surface area contributed by atoms with Gasteiger partial charge in [0.1, 0.15) is 10.0 Å². The van der Waals surface area contributed by atoms with Crippen molar-refractivity contribution in [2.24, 2.45) is 0 Å². The summed E-state index contributed by atoms with van der Waals surface area (Å²) in [6, 6.07) is 4.83. The molecule has 0 saturated heterocycles. The molecule has 1 N–H and O–H groups in total. The standard InChI is InChI=1S/C12H13ClN2O2S2/c1-7-6-11(9(3)18-7)19(16,17)15-10-4-5-12(13)14-8(10)2/h4-6,15H,1-3H3. The van der Waals surface area contributed by atoms with Crippen LogP contribution in [0.2, 0.25) is 5.15 Å². The van der Waals surface area contributed by atoms with E-state index in [2.05, 4.69) is 9.71 Å². The lowest BCUT2D eigenvalue weighted by Gasteiger charge is -2.09. The minimum atomic E-state index is -3.58. The predicted molar refractivity (Wildman–Crippen MR) is 78.6 cm³/mol. The molecule has 0 aromatic carbocycles. The summed E-state index contributed by atoms with van der Waals surface area (Å²) in [4.78, 5) is 6.06. The van der Waals surface area contributed by atoms with Crippen LogP contribution in [-0.4, -0.2) is 13.4 Å². The Morgan fingerprint density at radius 3 is 2.47 bits per heavy atom. The lowest BCUT2D eigenvalue weighted by atomic mass is 10.3. The maximum atomic E-state index is 12.3. The van der Waals surface area contributed by atoms with Crippen molar-refractivity contribution in [3.63, 3.8) is 0 Å². The largest absolute Gasteiger partial charge is 0.278 e. The number of hydrogen-bond acceptors (Lipinski definition) is 4. The molecule has 0 atom stereocenters. The number of pyridine rings is 1. The van der Waals surface area contributed by atoms with Crippen molar-refractivity contribution in [3.8, 4) is 0 Å². The van der Waals surface area contributed by atoms with Gasteiger partial charge in [-0.1, -0.05) is 11.6 Å². The Labute approximate surface area is 121 Å². The van der Waals surface area contributed by atoms with Crippen LogP contribution in [0.5, 0.6) is 0 Å². The monoisotopic (exact) mass is 316 g/mol. The molecule has 4 nitrogen and oxygen atoms in total. The molecule has 0 saturated carbocycles. The van der Waals surface area contributed by atoms with Crippen LogP contribution < -0.4 is 4.72 Å².